The molecule has 0 aromatic heterocycles. The number of hydrogen-bond acceptors (Lipinski definition) is 1. The quantitative estimate of drug-likeness (QED) is 0.639. The zero-order valence-electron chi connectivity index (χ0n) is 14.4. The Kier molecular flexibility index (Phi) is 5.60. The molecule has 0 saturated carbocycles. The second-order valence-corrected chi connectivity index (χ2v) is 6.17. The van der Waals surface area contributed by atoms with Crippen LogP contribution in [-0.2, 0) is 12.6 Å². The van der Waals surface area contributed by atoms with E-state index >= 15 is 0 Å². The van der Waals surface area contributed by atoms with Crippen molar-refractivity contribution in [2.45, 2.75) is 18.6 Å². The maximum atomic E-state index is 13.2. The van der Waals surface area contributed by atoms with Gasteiger partial charge in [0.15, 0.2) is 0 Å². The highest BCUT2D eigenvalue weighted by atomic mass is 19.4. The second kappa shape index (κ2) is 8.08. The van der Waals surface area contributed by atoms with E-state index < -0.39 is 23.7 Å². The van der Waals surface area contributed by atoms with Gasteiger partial charge in [-0.25, -0.2) is 0 Å². The number of amides is 1. The fourth-order valence-corrected chi connectivity index (χ4v) is 2.95. The molecular weight excluding hydrogens is 351 g/mol. The number of halogens is 3. The largest absolute Gasteiger partial charge is 0.417 e. The molecule has 2 nitrogen and oxygen atoms in total. The molecule has 0 radical (unpaired) electrons. The zero-order valence-corrected chi connectivity index (χ0v) is 14.4. The fraction of sp³-hybridized carbons (Fsp3) is 0.136. The Hall–Kier alpha value is -3.08. The Labute approximate surface area is 155 Å². The van der Waals surface area contributed by atoms with Crippen LogP contribution < -0.4 is 5.32 Å². The fourth-order valence-electron chi connectivity index (χ4n) is 2.95. The van der Waals surface area contributed by atoms with Gasteiger partial charge in [0.2, 0.25) is 0 Å². The van der Waals surface area contributed by atoms with Gasteiger partial charge in [-0.15, -0.1) is 0 Å². The van der Waals surface area contributed by atoms with Crippen LogP contribution in [-0.4, -0.2) is 5.91 Å². The van der Waals surface area contributed by atoms with Gasteiger partial charge in [0.25, 0.3) is 5.91 Å². The van der Waals surface area contributed by atoms with Crippen molar-refractivity contribution in [2.24, 2.45) is 0 Å². The van der Waals surface area contributed by atoms with Crippen LogP contribution in [0.2, 0.25) is 0 Å². The first-order chi connectivity index (χ1) is 12.9. The molecule has 0 aliphatic heterocycles. The number of nitrogens with one attached hydrogen (secondary N) is 1. The third kappa shape index (κ3) is 4.76. The minimum atomic E-state index is -4.59. The molecule has 138 valence electrons. The predicted octanol–water partition coefficient (Wildman–Crippen LogP) is 5.42. The molecule has 0 fully saturated rings. The van der Waals surface area contributed by atoms with Crippen LogP contribution in [0.1, 0.15) is 33.1 Å². The van der Waals surface area contributed by atoms with Crippen molar-refractivity contribution in [1.29, 1.82) is 0 Å². The van der Waals surface area contributed by atoms with Crippen molar-refractivity contribution in [3.63, 3.8) is 0 Å². The molecular formula is C22H18F3NO. The van der Waals surface area contributed by atoms with Crippen LogP contribution in [0.15, 0.2) is 84.9 Å². The molecule has 0 unspecified atom stereocenters. The Morgan fingerprint density at radius 3 is 2.00 bits per heavy atom. The lowest BCUT2D eigenvalue weighted by atomic mass is 9.98. The normalized spacial score (nSPS) is 12.4. The topological polar surface area (TPSA) is 29.1 Å². The number of rotatable bonds is 5. The summed E-state index contributed by atoms with van der Waals surface area (Å²) in [5, 5.41) is 2.77. The maximum Gasteiger partial charge on any atom is 0.417 e. The lowest BCUT2D eigenvalue weighted by Gasteiger charge is -2.21. The third-order valence-corrected chi connectivity index (χ3v) is 4.27. The zero-order chi connectivity index (χ0) is 19.3. The summed E-state index contributed by atoms with van der Waals surface area (Å²) >= 11 is 0. The van der Waals surface area contributed by atoms with Crippen LogP contribution in [0, 0.1) is 0 Å². The molecule has 0 saturated heterocycles. The summed E-state index contributed by atoms with van der Waals surface area (Å²) in [5.41, 5.74) is 0.503. The van der Waals surface area contributed by atoms with Crippen LogP contribution in [0.25, 0.3) is 0 Å². The summed E-state index contributed by atoms with van der Waals surface area (Å²) in [6.45, 7) is 0. The van der Waals surface area contributed by atoms with E-state index in [1.54, 1.807) is 0 Å². The van der Waals surface area contributed by atoms with Gasteiger partial charge < -0.3 is 5.32 Å². The summed E-state index contributed by atoms with van der Waals surface area (Å²) < 4.78 is 39.7. The van der Waals surface area contributed by atoms with Crippen LogP contribution in [0.3, 0.4) is 0 Å². The lowest BCUT2D eigenvalue weighted by Crippen LogP contribution is -2.31. The minimum Gasteiger partial charge on any atom is -0.345 e. The van der Waals surface area contributed by atoms with E-state index in [0.717, 1.165) is 17.2 Å². The lowest BCUT2D eigenvalue weighted by molar-refractivity contribution is -0.137. The highest BCUT2D eigenvalue weighted by Crippen LogP contribution is 2.32. The Morgan fingerprint density at radius 2 is 1.37 bits per heavy atom. The average Bonchev–Trinajstić information content (AvgIpc) is 2.68. The van der Waals surface area contributed by atoms with Crippen molar-refractivity contribution in [2.75, 3.05) is 0 Å². The molecule has 0 aliphatic carbocycles. The van der Waals surface area contributed by atoms with Gasteiger partial charge in [0.05, 0.1) is 17.2 Å². The first-order valence-electron chi connectivity index (χ1n) is 8.51. The standard InChI is InChI=1S/C22H18F3NO/c23-22(24,25)19-14-8-7-13-18(19)21(27)26-20(17-11-5-2-6-12-17)15-16-9-3-1-4-10-16/h1-14,20H,15H2,(H,26,27)/t20-/m0/s1. The number of benzene rings is 3. The Morgan fingerprint density at radius 1 is 0.815 bits per heavy atom. The van der Waals surface area contributed by atoms with Crippen molar-refractivity contribution >= 4 is 5.91 Å². The molecule has 0 bridgehead atoms. The van der Waals surface area contributed by atoms with E-state index in [0.29, 0.717) is 6.42 Å². The van der Waals surface area contributed by atoms with Gasteiger partial charge in [-0.2, -0.15) is 13.2 Å². The SMILES string of the molecule is O=C(N[C@@H](Cc1ccccc1)c1ccccc1)c1ccccc1C(F)(F)F. The number of hydrogen-bond donors (Lipinski definition) is 1. The average molecular weight is 369 g/mol. The number of alkyl halides is 3. The van der Waals surface area contributed by atoms with E-state index in [4.69, 9.17) is 0 Å². The number of carbonyl (C=O) groups is 1. The van der Waals surface area contributed by atoms with E-state index in [2.05, 4.69) is 5.32 Å². The molecule has 1 N–H and O–H groups in total. The van der Waals surface area contributed by atoms with E-state index in [9.17, 15) is 18.0 Å². The van der Waals surface area contributed by atoms with E-state index in [1.807, 2.05) is 60.7 Å². The molecule has 3 aromatic carbocycles. The number of carbonyl (C=O) groups excluding carboxylic acids is 1. The summed E-state index contributed by atoms with van der Waals surface area (Å²) in [7, 11) is 0. The molecule has 5 heteroatoms. The second-order valence-electron chi connectivity index (χ2n) is 6.17. The van der Waals surface area contributed by atoms with Gasteiger partial charge in [-0.1, -0.05) is 72.8 Å². The molecule has 0 heterocycles. The molecule has 1 atom stereocenters. The highest BCUT2D eigenvalue weighted by Gasteiger charge is 2.35. The summed E-state index contributed by atoms with van der Waals surface area (Å²) in [6.07, 6.45) is -4.11. The Balaban J connectivity index is 1.90. The first kappa shape index (κ1) is 18.7. The van der Waals surface area contributed by atoms with Crippen LogP contribution in [0.4, 0.5) is 13.2 Å². The molecule has 27 heavy (non-hydrogen) atoms. The van der Waals surface area contributed by atoms with E-state index in [-0.39, 0.29) is 5.56 Å². The van der Waals surface area contributed by atoms with Gasteiger partial charge in [-0.3, -0.25) is 4.79 Å². The molecule has 0 spiro atoms. The molecule has 0 aliphatic rings. The molecule has 3 aromatic rings. The highest BCUT2D eigenvalue weighted by molar-refractivity contribution is 5.96. The predicted molar refractivity (Wildman–Crippen MR) is 98.2 cm³/mol. The van der Waals surface area contributed by atoms with Crippen LogP contribution in [0.5, 0.6) is 0 Å². The summed E-state index contributed by atoms with van der Waals surface area (Å²) in [6, 6.07) is 23.1. The first-order valence-corrected chi connectivity index (χ1v) is 8.51. The van der Waals surface area contributed by atoms with Gasteiger partial charge >= 0.3 is 6.18 Å². The van der Waals surface area contributed by atoms with Crippen LogP contribution >= 0.6 is 0 Å². The van der Waals surface area contributed by atoms with E-state index in [1.165, 1.54) is 18.2 Å². The van der Waals surface area contributed by atoms with Gasteiger partial charge in [0, 0.05) is 0 Å². The van der Waals surface area contributed by atoms with Crippen molar-refractivity contribution in [3.05, 3.63) is 107 Å². The third-order valence-electron chi connectivity index (χ3n) is 4.27. The maximum absolute atomic E-state index is 13.2. The molecule has 1 amide bonds. The van der Waals surface area contributed by atoms with Crippen molar-refractivity contribution < 1.29 is 18.0 Å². The summed E-state index contributed by atoms with van der Waals surface area (Å²) in [4.78, 5) is 12.7. The monoisotopic (exact) mass is 369 g/mol. The van der Waals surface area contributed by atoms with Gasteiger partial charge in [0.1, 0.15) is 0 Å². The summed E-state index contributed by atoms with van der Waals surface area (Å²) in [5.74, 6) is -0.743. The van der Waals surface area contributed by atoms with Gasteiger partial charge in [-0.05, 0) is 29.7 Å². The minimum absolute atomic E-state index is 0.376. The molecule has 3 rings (SSSR count). The smallest absolute Gasteiger partial charge is 0.345 e. The van der Waals surface area contributed by atoms with Crippen molar-refractivity contribution in [3.8, 4) is 0 Å². The Bertz CT molecular complexity index is 892. The van der Waals surface area contributed by atoms with Crippen molar-refractivity contribution in [1.82, 2.24) is 5.32 Å².